The normalized spacial score (nSPS) is 22.5. The predicted octanol–water partition coefficient (Wildman–Crippen LogP) is 4.26. The molecule has 0 radical (unpaired) electrons. The van der Waals surface area contributed by atoms with Crippen LogP contribution in [0.3, 0.4) is 0 Å². The molecule has 1 aliphatic carbocycles. The van der Waals surface area contributed by atoms with Crippen LogP contribution in [0.1, 0.15) is 51.5 Å². The van der Waals surface area contributed by atoms with E-state index in [1.165, 1.54) is 31.0 Å². The van der Waals surface area contributed by atoms with Crippen molar-refractivity contribution < 1.29 is 19.0 Å². The van der Waals surface area contributed by atoms with Gasteiger partial charge >= 0.3 is 5.97 Å². The molecular weight excluding hydrogens is 390 g/mol. The summed E-state index contributed by atoms with van der Waals surface area (Å²) >= 11 is 1.48. The third-order valence-corrected chi connectivity index (χ3v) is 6.78. The number of ether oxygens (including phenoxy) is 3. The highest BCUT2D eigenvalue weighted by Crippen LogP contribution is 2.40. The molecule has 2 atom stereocenters. The third kappa shape index (κ3) is 4.08. The molecule has 1 saturated heterocycles. The standard InChI is InChI=1S/C21H27N3O4S/c1-13-11-18(20(25)28-13)29-21-23-22-19(24(21)15-7-5-4-6-8-15)14-9-10-16(26-2)17(12-14)27-3/h9-10,12-13,15,18H,4-8,11H2,1-3H3/t13-,18-/m1/s1. The molecule has 2 aliphatic rings. The number of aromatic nitrogens is 3. The number of benzene rings is 1. The fraction of sp³-hybridized carbons (Fsp3) is 0.571. The van der Waals surface area contributed by atoms with Crippen LogP contribution in [0.5, 0.6) is 11.5 Å². The number of thioether (sulfide) groups is 1. The summed E-state index contributed by atoms with van der Waals surface area (Å²) in [7, 11) is 3.25. The van der Waals surface area contributed by atoms with Crippen molar-refractivity contribution in [2.75, 3.05) is 14.2 Å². The highest BCUT2D eigenvalue weighted by molar-refractivity contribution is 8.00. The number of hydrogen-bond donors (Lipinski definition) is 0. The Morgan fingerprint density at radius 1 is 1.10 bits per heavy atom. The second-order valence-corrected chi connectivity index (χ2v) is 8.80. The zero-order valence-electron chi connectivity index (χ0n) is 17.1. The molecule has 0 N–H and O–H groups in total. The molecule has 156 valence electrons. The van der Waals surface area contributed by atoms with Crippen LogP contribution in [0.4, 0.5) is 0 Å². The summed E-state index contributed by atoms with van der Waals surface area (Å²) in [5.41, 5.74) is 0.926. The lowest BCUT2D eigenvalue weighted by Crippen LogP contribution is -2.17. The fourth-order valence-corrected chi connectivity index (χ4v) is 5.35. The molecule has 7 nitrogen and oxygen atoms in total. The molecule has 0 unspecified atom stereocenters. The lowest BCUT2D eigenvalue weighted by atomic mass is 9.95. The summed E-state index contributed by atoms with van der Waals surface area (Å²) in [5, 5.41) is 9.57. The van der Waals surface area contributed by atoms with E-state index in [9.17, 15) is 4.79 Å². The van der Waals surface area contributed by atoms with Gasteiger partial charge in [-0.05, 0) is 38.0 Å². The summed E-state index contributed by atoms with van der Waals surface area (Å²) in [6, 6.07) is 6.13. The van der Waals surface area contributed by atoms with E-state index in [0.29, 0.717) is 24.0 Å². The predicted molar refractivity (Wildman–Crippen MR) is 111 cm³/mol. The van der Waals surface area contributed by atoms with Crippen LogP contribution in [-0.2, 0) is 9.53 Å². The van der Waals surface area contributed by atoms with Gasteiger partial charge in [-0.15, -0.1) is 10.2 Å². The van der Waals surface area contributed by atoms with E-state index in [0.717, 1.165) is 29.4 Å². The first-order chi connectivity index (χ1) is 14.1. The van der Waals surface area contributed by atoms with E-state index in [1.54, 1.807) is 14.2 Å². The minimum atomic E-state index is -0.227. The summed E-state index contributed by atoms with van der Waals surface area (Å²) in [4.78, 5) is 12.2. The van der Waals surface area contributed by atoms with Crippen LogP contribution in [0, 0.1) is 0 Å². The van der Waals surface area contributed by atoms with Crippen molar-refractivity contribution in [3.05, 3.63) is 18.2 Å². The van der Waals surface area contributed by atoms with Crippen LogP contribution >= 0.6 is 11.8 Å². The Kier molecular flexibility index (Phi) is 5.99. The molecule has 0 amide bonds. The van der Waals surface area contributed by atoms with Crippen molar-refractivity contribution in [2.24, 2.45) is 0 Å². The molecule has 29 heavy (non-hydrogen) atoms. The molecule has 2 aromatic rings. The molecule has 1 aliphatic heterocycles. The summed E-state index contributed by atoms with van der Waals surface area (Å²) in [5.74, 6) is 1.98. The maximum Gasteiger partial charge on any atom is 0.319 e. The molecule has 1 aromatic carbocycles. The second-order valence-electron chi connectivity index (χ2n) is 7.63. The van der Waals surface area contributed by atoms with Gasteiger partial charge < -0.3 is 14.2 Å². The van der Waals surface area contributed by atoms with Gasteiger partial charge in [0.05, 0.1) is 14.2 Å². The number of carbonyl (C=O) groups excluding carboxylic acids is 1. The third-order valence-electron chi connectivity index (χ3n) is 5.62. The van der Waals surface area contributed by atoms with E-state index in [2.05, 4.69) is 14.8 Å². The van der Waals surface area contributed by atoms with Crippen LogP contribution in [0.25, 0.3) is 11.4 Å². The molecule has 0 spiro atoms. The Morgan fingerprint density at radius 2 is 1.86 bits per heavy atom. The number of esters is 1. The van der Waals surface area contributed by atoms with Gasteiger partial charge in [0.2, 0.25) is 0 Å². The fourth-order valence-electron chi connectivity index (χ4n) is 4.14. The average Bonchev–Trinajstić information content (AvgIpc) is 3.30. The van der Waals surface area contributed by atoms with Gasteiger partial charge in [0.1, 0.15) is 11.4 Å². The minimum absolute atomic E-state index is 0.0450. The lowest BCUT2D eigenvalue weighted by Gasteiger charge is -2.26. The molecule has 2 heterocycles. The highest BCUT2D eigenvalue weighted by atomic mass is 32.2. The van der Waals surface area contributed by atoms with Crippen LogP contribution in [-0.4, -0.2) is 46.3 Å². The number of carbonyl (C=O) groups is 1. The monoisotopic (exact) mass is 417 g/mol. The number of rotatable bonds is 6. The zero-order chi connectivity index (χ0) is 20.4. The van der Waals surface area contributed by atoms with Crippen molar-refractivity contribution in [3.63, 3.8) is 0 Å². The van der Waals surface area contributed by atoms with E-state index >= 15 is 0 Å². The van der Waals surface area contributed by atoms with Crippen LogP contribution in [0.2, 0.25) is 0 Å². The maximum atomic E-state index is 12.2. The van der Waals surface area contributed by atoms with Crippen LogP contribution < -0.4 is 9.47 Å². The van der Waals surface area contributed by atoms with Crippen molar-refractivity contribution in [2.45, 2.75) is 68.0 Å². The van der Waals surface area contributed by atoms with Gasteiger partial charge in [-0.2, -0.15) is 0 Å². The van der Waals surface area contributed by atoms with Crippen LogP contribution in [0.15, 0.2) is 23.4 Å². The first kappa shape index (κ1) is 20.1. The van der Waals surface area contributed by atoms with Gasteiger partial charge in [0, 0.05) is 18.0 Å². The van der Waals surface area contributed by atoms with Crippen molar-refractivity contribution in [1.29, 1.82) is 0 Å². The largest absolute Gasteiger partial charge is 0.493 e. The smallest absolute Gasteiger partial charge is 0.319 e. The van der Waals surface area contributed by atoms with Gasteiger partial charge in [-0.1, -0.05) is 31.0 Å². The Hall–Kier alpha value is -2.22. The average molecular weight is 418 g/mol. The molecule has 2 fully saturated rings. The van der Waals surface area contributed by atoms with Gasteiger partial charge in [-0.25, -0.2) is 0 Å². The SMILES string of the molecule is COc1ccc(-c2nnc(S[C@@H]3C[C@@H](C)OC3=O)n2C2CCCCC2)cc1OC. The number of nitrogens with zero attached hydrogens (tertiary/aromatic N) is 3. The number of hydrogen-bond acceptors (Lipinski definition) is 7. The van der Waals surface area contributed by atoms with Crippen molar-refractivity contribution in [1.82, 2.24) is 14.8 Å². The van der Waals surface area contributed by atoms with Gasteiger partial charge in [0.25, 0.3) is 0 Å². The minimum Gasteiger partial charge on any atom is -0.493 e. The zero-order valence-corrected chi connectivity index (χ0v) is 17.9. The second kappa shape index (κ2) is 8.65. The summed E-state index contributed by atoms with van der Waals surface area (Å²) < 4.78 is 18.4. The Morgan fingerprint density at radius 3 is 2.52 bits per heavy atom. The topological polar surface area (TPSA) is 75.5 Å². The summed E-state index contributed by atoms with van der Waals surface area (Å²) in [6.45, 7) is 1.93. The molecule has 0 bridgehead atoms. The first-order valence-electron chi connectivity index (χ1n) is 10.1. The van der Waals surface area contributed by atoms with E-state index in [4.69, 9.17) is 14.2 Å². The van der Waals surface area contributed by atoms with Crippen molar-refractivity contribution in [3.8, 4) is 22.9 Å². The Labute approximate surface area is 175 Å². The molecule has 8 heteroatoms. The first-order valence-corrected chi connectivity index (χ1v) is 11.0. The number of methoxy groups -OCH3 is 2. The number of cyclic esters (lactones) is 1. The van der Waals surface area contributed by atoms with E-state index in [1.807, 2.05) is 25.1 Å². The lowest BCUT2D eigenvalue weighted by molar-refractivity contribution is -0.140. The Bertz CT molecular complexity index is 879. The molecule has 4 rings (SSSR count). The Balaban J connectivity index is 1.72. The van der Waals surface area contributed by atoms with Gasteiger partial charge in [-0.3, -0.25) is 9.36 Å². The van der Waals surface area contributed by atoms with Crippen molar-refractivity contribution >= 4 is 17.7 Å². The van der Waals surface area contributed by atoms with E-state index in [-0.39, 0.29) is 17.3 Å². The van der Waals surface area contributed by atoms with Gasteiger partial charge in [0.15, 0.2) is 22.5 Å². The highest BCUT2D eigenvalue weighted by Gasteiger charge is 2.35. The van der Waals surface area contributed by atoms with E-state index < -0.39 is 0 Å². The molecule has 1 saturated carbocycles. The molecule has 1 aromatic heterocycles. The quantitative estimate of drug-likeness (QED) is 0.650. The molecular formula is C21H27N3O4S. The summed E-state index contributed by atoms with van der Waals surface area (Å²) in [6.07, 6.45) is 6.50. The maximum absolute atomic E-state index is 12.2.